The molecule has 4 heteroatoms. The maximum absolute atomic E-state index is 9.64. The van der Waals surface area contributed by atoms with Crippen molar-refractivity contribution in [2.24, 2.45) is 5.92 Å². The first-order valence-corrected chi connectivity index (χ1v) is 6.38. The zero-order valence-electron chi connectivity index (χ0n) is 11.2. The first-order valence-electron chi connectivity index (χ1n) is 6.38. The fourth-order valence-corrected chi connectivity index (χ4v) is 2.13. The number of phenolic OH excluding ortho intramolecular Hbond substituents is 1. The first-order chi connectivity index (χ1) is 9.15. The number of nitrogens with zero attached hydrogens (tertiary/aromatic N) is 3. The van der Waals surface area contributed by atoms with Crippen molar-refractivity contribution in [3.8, 4) is 11.8 Å². The van der Waals surface area contributed by atoms with Crippen molar-refractivity contribution in [1.82, 2.24) is 4.98 Å². The van der Waals surface area contributed by atoms with Gasteiger partial charge in [0.05, 0.1) is 12.0 Å². The highest BCUT2D eigenvalue weighted by molar-refractivity contribution is 5.93. The molecule has 0 aliphatic heterocycles. The first kappa shape index (κ1) is 13.2. The quantitative estimate of drug-likeness (QED) is 0.912. The smallest absolute Gasteiger partial charge is 0.136 e. The van der Waals surface area contributed by atoms with Gasteiger partial charge in [0.25, 0.3) is 0 Å². The standard InChI is InChI=1S/C15H17N3O/c1-3-18(10-11(2)9-16)15-14-8-13(19)5-4-12(14)6-7-17-15/h4-8,11,19H,3,10H2,1-2H3. The summed E-state index contributed by atoms with van der Waals surface area (Å²) < 4.78 is 0. The van der Waals surface area contributed by atoms with E-state index in [-0.39, 0.29) is 11.7 Å². The van der Waals surface area contributed by atoms with Crippen molar-refractivity contribution in [2.75, 3.05) is 18.0 Å². The summed E-state index contributed by atoms with van der Waals surface area (Å²) in [6.07, 6.45) is 1.76. The molecule has 0 aliphatic rings. The van der Waals surface area contributed by atoms with Gasteiger partial charge in [0.15, 0.2) is 0 Å². The minimum atomic E-state index is -0.0608. The van der Waals surface area contributed by atoms with Gasteiger partial charge in [-0.3, -0.25) is 0 Å². The number of hydrogen-bond donors (Lipinski definition) is 1. The summed E-state index contributed by atoms with van der Waals surface area (Å²) in [6.45, 7) is 5.33. The number of rotatable bonds is 4. The van der Waals surface area contributed by atoms with E-state index in [9.17, 15) is 5.11 Å². The van der Waals surface area contributed by atoms with E-state index in [1.54, 1.807) is 18.3 Å². The number of pyridine rings is 1. The molecule has 2 rings (SSSR count). The molecule has 0 spiro atoms. The second kappa shape index (κ2) is 5.57. The molecule has 19 heavy (non-hydrogen) atoms. The molecule has 1 N–H and O–H groups in total. The Bertz CT molecular complexity index is 618. The lowest BCUT2D eigenvalue weighted by Crippen LogP contribution is -2.28. The van der Waals surface area contributed by atoms with Crippen LogP contribution in [0.5, 0.6) is 5.75 Å². The number of fused-ring (bicyclic) bond motifs is 1. The highest BCUT2D eigenvalue weighted by Crippen LogP contribution is 2.28. The Kier molecular flexibility index (Phi) is 3.86. The summed E-state index contributed by atoms with van der Waals surface area (Å²) in [5, 5.41) is 20.5. The van der Waals surface area contributed by atoms with E-state index < -0.39 is 0 Å². The third-order valence-electron chi connectivity index (χ3n) is 3.12. The van der Waals surface area contributed by atoms with Gasteiger partial charge in [-0.1, -0.05) is 6.07 Å². The molecule has 0 radical (unpaired) electrons. The van der Waals surface area contributed by atoms with E-state index in [4.69, 9.17) is 5.26 Å². The van der Waals surface area contributed by atoms with Gasteiger partial charge in [0.1, 0.15) is 11.6 Å². The number of hydrogen-bond acceptors (Lipinski definition) is 4. The van der Waals surface area contributed by atoms with E-state index >= 15 is 0 Å². The topological polar surface area (TPSA) is 60.2 Å². The van der Waals surface area contributed by atoms with Crippen LogP contribution in [0.15, 0.2) is 30.5 Å². The minimum absolute atomic E-state index is 0.0608. The maximum Gasteiger partial charge on any atom is 0.136 e. The lowest BCUT2D eigenvalue weighted by atomic mass is 10.1. The van der Waals surface area contributed by atoms with Crippen LogP contribution in [0.3, 0.4) is 0 Å². The van der Waals surface area contributed by atoms with Gasteiger partial charge < -0.3 is 10.0 Å². The molecule has 0 saturated carbocycles. The monoisotopic (exact) mass is 255 g/mol. The molecule has 1 aromatic carbocycles. The predicted octanol–water partition coefficient (Wildman–Crippen LogP) is 2.93. The van der Waals surface area contributed by atoms with Crippen LogP contribution in [0, 0.1) is 17.2 Å². The molecule has 0 aliphatic carbocycles. The Labute approximate surface area is 112 Å². The van der Waals surface area contributed by atoms with Crippen LogP contribution in [-0.4, -0.2) is 23.2 Å². The number of aromatic hydroxyl groups is 1. The van der Waals surface area contributed by atoms with Gasteiger partial charge >= 0.3 is 0 Å². The highest BCUT2D eigenvalue weighted by atomic mass is 16.3. The van der Waals surface area contributed by atoms with Gasteiger partial charge in [0, 0.05) is 24.7 Å². The minimum Gasteiger partial charge on any atom is -0.508 e. The van der Waals surface area contributed by atoms with Crippen molar-refractivity contribution in [3.63, 3.8) is 0 Å². The fourth-order valence-electron chi connectivity index (χ4n) is 2.13. The van der Waals surface area contributed by atoms with Crippen molar-refractivity contribution in [1.29, 1.82) is 5.26 Å². The zero-order chi connectivity index (χ0) is 13.8. The number of anilines is 1. The zero-order valence-corrected chi connectivity index (χ0v) is 11.2. The Hall–Kier alpha value is -2.28. The molecule has 1 heterocycles. The van der Waals surface area contributed by atoms with Crippen LogP contribution in [0.25, 0.3) is 10.8 Å². The molecule has 98 valence electrons. The highest BCUT2D eigenvalue weighted by Gasteiger charge is 2.13. The molecule has 1 unspecified atom stereocenters. The van der Waals surface area contributed by atoms with Crippen LogP contribution in [0.4, 0.5) is 5.82 Å². The van der Waals surface area contributed by atoms with Crippen LogP contribution in [0.2, 0.25) is 0 Å². The fraction of sp³-hybridized carbons (Fsp3) is 0.333. The number of nitriles is 1. The Balaban J connectivity index is 2.48. The maximum atomic E-state index is 9.64. The van der Waals surface area contributed by atoms with E-state index in [0.29, 0.717) is 6.54 Å². The summed E-state index contributed by atoms with van der Waals surface area (Å²) in [5.41, 5.74) is 0. The molecular weight excluding hydrogens is 238 g/mol. The average molecular weight is 255 g/mol. The van der Waals surface area contributed by atoms with Crippen molar-refractivity contribution in [2.45, 2.75) is 13.8 Å². The van der Waals surface area contributed by atoms with Crippen molar-refractivity contribution < 1.29 is 5.11 Å². The predicted molar refractivity (Wildman–Crippen MR) is 76.1 cm³/mol. The molecule has 0 fully saturated rings. The normalized spacial score (nSPS) is 12.1. The van der Waals surface area contributed by atoms with Gasteiger partial charge in [-0.25, -0.2) is 4.98 Å². The van der Waals surface area contributed by atoms with E-state index in [0.717, 1.165) is 23.1 Å². The summed E-state index contributed by atoms with van der Waals surface area (Å²) in [4.78, 5) is 6.48. The Morgan fingerprint density at radius 2 is 2.21 bits per heavy atom. The molecule has 0 bridgehead atoms. The molecule has 1 aromatic heterocycles. The number of phenols is 1. The second-order valence-electron chi connectivity index (χ2n) is 4.61. The average Bonchev–Trinajstić information content (AvgIpc) is 2.44. The molecular formula is C15H17N3O. The van der Waals surface area contributed by atoms with Crippen molar-refractivity contribution in [3.05, 3.63) is 30.5 Å². The molecule has 4 nitrogen and oxygen atoms in total. The van der Waals surface area contributed by atoms with Gasteiger partial charge in [-0.2, -0.15) is 5.26 Å². The Morgan fingerprint density at radius 3 is 2.89 bits per heavy atom. The summed E-state index contributed by atoms with van der Waals surface area (Å²) in [6, 6.07) is 9.42. The van der Waals surface area contributed by atoms with Crippen LogP contribution < -0.4 is 4.90 Å². The van der Waals surface area contributed by atoms with Crippen LogP contribution >= 0.6 is 0 Å². The van der Waals surface area contributed by atoms with Crippen LogP contribution in [0.1, 0.15) is 13.8 Å². The van der Waals surface area contributed by atoms with Gasteiger partial charge in [0.2, 0.25) is 0 Å². The van der Waals surface area contributed by atoms with Crippen molar-refractivity contribution >= 4 is 16.6 Å². The van der Waals surface area contributed by atoms with Crippen LogP contribution in [-0.2, 0) is 0 Å². The van der Waals surface area contributed by atoms with E-state index in [2.05, 4.69) is 16.0 Å². The largest absolute Gasteiger partial charge is 0.508 e. The lowest BCUT2D eigenvalue weighted by molar-refractivity contribution is 0.476. The second-order valence-corrected chi connectivity index (χ2v) is 4.61. The van der Waals surface area contributed by atoms with E-state index in [1.807, 2.05) is 26.0 Å². The van der Waals surface area contributed by atoms with Gasteiger partial charge in [-0.15, -0.1) is 0 Å². The molecule has 0 saturated heterocycles. The molecule has 1 atom stereocenters. The van der Waals surface area contributed by atoms with E-state index in [1.165, 1.54) is 0 Å². The summed E-state index contributed by atoms with van der Waals surface area (Å²) in [5.74, 6) is 0.985. The third kappa shape index (κ3) is 2.76. The Morgan fingerprint density at radius 1 is 1.42 bits per heavy atom. The SMILES string of the molecule is CCN(CC(C)C#N)c1nccc2ccc(O)cc12. The molecule has 2 aromatic rings. The van der Waals surface area contributed by atoms with Gasteiger partial charge in [-0.05, 0) is 37.4 Å². The third-order valence-corrected chi connectivity index (χ3v) is 3.12. The summed E-state index contributed by atoms with van der Waals surface area (Å²) in [7, 11) is 0. The summed E-state index contributed by atoms with van der Waals surface area (Å²) >= 11 is 0. The number of aromatic nitrogens is 1. The number of benzene rings is 1. The molecule has 0 amide bonds. The lowest BCUT2D eigenvalue weighted by Gasteiger charge is -2.24.